The third kappa shape index (κ3) is 3.64. The van der Waals surface area contributed by atoms with Gasteiger partial charge in [-0.05, 0) is 44.2 Å². The van der Waals surface area contributed by atoms with Crippen molar-refractivity contribution in [3.63, 3.8) is 0 Å². The Bertz CT molecular complexity index is 1170. The normalized spacial score (nSPS) is 15.3. The fourth-order valence-electron chi connectivity index (χ4n) is 3.52. The molecule has 1 aliphatic heterocycles. The maximum Gasteiger partial charge on any atom is 0.244 e. The zero-order valence-corrected chi connectivity index (χ0v) is 17.1. The molecule has 0 saturated carbocycles. The maximum absolute atomic E-state index is 13.4. The summed E-state index contributed by atoms with van der Waals surface area (Å²) in [6, 6.07) is 9.39. The second kappa shape index (κ2) is 7.84. The van der Waals surface area contributed by atoms with Crippen molar-refractivity contribution in [2.24, 2.45) is 0 Å². The highest BCUT2D eigenvalue weighted by atomic mass is 35.5. The summed E-state index contributed by atoms with van der Waals surface area (Å²) < 4.78 is 13.4. The van der Waals surface area contributed by atoms with Gasteiger partial charge in [0.15, 0.2) is 0 Å². The third-order valence-electron chi connectivity index (χ3n) is 4.99. The second-order valence-corrected chi connectivity index (χ2v) is 7.51. The topological polar surface area (TPSA) is 75.2 Å². The van der Waals surface area contributed by atoms with E-state index in [-0.39, 0.29) is 17.5 Å². The highest BCUT2D eigenvalue weighted by Crippen LogP contribution is 2.39. The molecule has 0 spiro atoms. The number of amides is 2. The summed E-state index contributed by atoms with van der Waals surface area (Å²) in [5, 5.41) is 2.57. The molecule has 1 aliphatic rings. The molecule has 6 nitrogen and oxygen atoms in total. The van der Waals surface area contributed by atoms with Gasteiger partial charge in [0.1, 0.15) is 12.4 Å². The smallest absolute Gasteiger partial charge is 0.244 e. The molecule has 0 bridgehead atoms. The van der Waals surface area contributed by atoms with E-state index in [9.17, 15) is 14.0 Å². The molecule has 1 atom stereocenters. The van der Waals surface area contributed by atoms with Crippen molar-refractivity contribution in [2.75, 3.05) is 16.8 Å². The molecule has 2 aromatic heterocycles. The van der Waals surface area contributed by atoms with E-state index in [1.54, 1.807) is 31.5 Å². The molecule has 4 rings (SSSR count). The lowest BCUT2D eigenvalue weighted by Gasteiger charge is -2.24. The van der Waals surface area contributed by atoms with Crippen LogP contribution in [0.5, 0.6) is 0 Å². The number of fused-ring (bicyclic) bond motifs is 3. The summed E-state index contributed by atoms with van der Waals surface area (Å²) in [5.41, 5.74) is 3.85. The number of aryl methyl sites for hydroxylation is 1. The van der Waals surface area contributed by atoms with Crippen molar-refractivity contribution in [3.05, 3.63) is 71.0 Å². The van der Waals surface area contributed by atoms with Crippen LogP contribution in [0, 0.1) is 12.7 Å². The van der Waals surface area contributed by atoms with Crippen LogP contribution >= 0.6 is 11.6 Å². The van der Waals surface area contributed by atoms with Crippen molar-refractivity contribution >= 4 is 34.8 Å². The fourth-order valence-corrected chi connectivity index (χ4v) is 3.70. The Kier molecular flexibility index (Phi) is 5.22. The molecule has 1 aromatic carbocycles. The van der Waals surface area contributed by atoms with Gasteiger partial charge in [-0.1, -0.05) is 17.7 Å². The summed E-state index contributed by atoms with van der Waals surface area (Å²) in [6.45, 7) is 3.37. The van der Waals surface area contributed by atoms with Gasteiger partial charge >= 0.3 is 0 Å². The fraction of sp³-hybridized carbons (Fsp3) is 0.182. The molecule has 2 amide bonds. The summed E-state index contributed by atoms with van der Waals surface area (Å²) in [5.74, 6) is -1.79. The number of hydrogen-bond acceptors (Lipinski definition) is 4. The van der Waals surface area contributed by atoms with Gasteiger partial charge in [-0.3, -0.25) is 19.6 Å². The van der Waals surface area contributed by atoms with E-state index in [1.165, 1.54) is 23.1 Å². The molecule has 0 fully saturated rings. The van der Waals surface area contributed by atoms with Gasteiger partial charge in [0.25, 0.3) is 0 Å². The number of hydrogen-bond donors (Lipinski definition) is 1. The number of halogens is 2. The minimum atomic E-state index is -0.576. The lowest BCUT2D eigenvalue weighted by atomic mass is 9.98. The lowest BCUT2D eigenvalue weighted by molar-refractivity contribution is -0.122. The zero-order valence-electron chi connectivity index (χ0n) is 16.3. The first-order chi connectivity index (χ1) is 14.3. The lowest BCUT2D eigenvalue weighted by Crippen LogP contribution is -2.40. The second-order valence-electron chi connectivity index (χ2n) is 7.10. The van der Waals surface area contributed by atoms with Gasteiger partial charge in [0.2, 0.25) is 11.8 Å². The number of nitrogens with one attached hydrogen (secondary N) is 1. The van der Waals surface area contributed by atoms with Gasteiger partial charge in [-0.2, -0.15) is 0 Å². The highest BCUT2D eigenvalue weighted by molar-refractivity contribution is 6.31. The van der Waals surface area contributed by atoms with Crippen molar-refractivity contribution < 1.29 is 14.0 Å². The van der Waals surface area contributed by atoms with Gasteiger partial charge in [-0.15, -0.1) is 0 Å². The molecule has 3 heterocycles. The first-order valence-corrected chi connectivity index (χ1v) is 9.71. The SMILES string of the molecule is Cc1cc2c(cn1)-c1cccnc1[C@H](C)C(=O)N2CC(=O)Nc1ccc(F)c(Cl)c1. The van der Waals surface area contributed by atoms with Gasteiger partial charge in [0.05, 0.1) is 22.3 Å². The van der Waals surface area contributed by atoms with E-state index in [1.807, 2.05) is 13.0 Å². The van der Waals surface area contributed by atoms with Crippen molar-refractivity contribution in [1.82, 2.24) is 9.97 Å². The molecule has 152 valence electrons. The highest BCUT2D eigenvalue weighted by Gasteiger charge is 2.33. The molecule has 0 radical (unpaired) electrons. The van der Waals surface area contributed by atoms with E-state index in [4.69, 9.17) is 11.6 Å². The Balaban J connectivity index is 1.70. The van der Waals surface area contributed by atoms with Crippen LogP contribution in [0.15, 0.2) is 48.8 Å². The zero-order chi connectivity index (χ0) is 21.4. The Morgan fingerprint density at radius 2 is 2.03 bits per heavy atom. The minimum absolute atomic E-state index is 0.0964. The number of nitrogens with zero attached hydrogens (tertiary/aromatic N) is 3. The van der Waals surface area contributed by atoms with Crippen molar-refractivity contribution in [2.45, 2.75) is 19.8 Å². The van der Waals surface area contributed by atoms with Crippen LogP contribution in [0.1, 0.15) is 24.2 Å². The quantitative estimate of drug-likeness (QED) is 0.678. The largest absolute Gasteiger partial charge is 0.324 e. The van der Waals surface area contributed by atoms with Crippen LogP contribution in [0.4, 0.5) is 15.8 Å². The molecule has 30 heavy (non-hydrogen) atoms. The molecule has 0 unspecified atom stereocenters. The summed E-state index contributed by atoms with van der Waals surface area (Å²) in [6.07, 6.45) is 3.34. The number of benzene rings is 1. The predicted octanol–water partition coefficient (Wildman–Crippen LogP) is 4.33. The van der Waals surface area contributed by atoms with E-state index in [0.29, 0.717) is 17.1 Å². The van der Waals surface area contributed by atoms with Crippen molar-refractivity contribution in [3.8, 4) is 11.1 Å². The average Bonchev–Trinajstić information content (AvgIpc) is 2.80. The van der Waals surface area contributed by atoms with Gasteiger partial charge < -0.3 is 10.2 Å². The standard InChI is InChI=1S/C22H18ClFN4O2/c1-12-8-19-16(10-26-12)15-4-3-7-25-21(15)13(2)22(30)28(19)11-20(29)27-14-5-6-18(24)17(23)9-14/h3-10,13H,11H2,1-2H3,(H,27,29)/t13-/m0/s1. The summed E-state index contributed by atoms with van der Waals surface area (Å²) >= 11 is 5.78. The minimum Gasteiger partial charge on any atom is -0.324 e. The van der Waals surface area contributed by atoms with Gasteiger partial charge in [-0.25, -0.2) is 4.39 Å². The summed E-state index contributed by atoms with van der Waals surface area (Å²) in [7, 11) is 0. The molecular formula is C22H18ClFN4O2. The van der Waals surface area contributed by atoms with E-state index in [0.717, 1.165) is 16.8 Å². The van der Waals surface area contributed by atoms with E-state index < -0.39 is 17.6 Å². The number of carbonyl (C=O) groups is 2. The van der Waals surface area contributed by atoms with Crippen LogP contribution in [0.3, 0.4) is 0 Å². The summed E-state index contributed by atoms with van der Waals surface area (Å²) in [4.78, 5) is 36.2. The van der Waals surface area contributed by atoms with Crippen LogP contribution in [-0.4, -0.2) is 28.3 Å². The van der Waals surface area contributed by atoms with Crippen LogP contribution in [0.25, 0.3) is 11.1 Å². The molecule has 3 aromatic rings. The van der Waals surface area contributed by atoms with Crippen LogP contribution in [0.2, 0.25) is 5.02 Å². The number of anilines is 2. The van der Waals surface area contributed by atoms with Crippen molar-refractivity contribution in [1.29, 1.82) is 0 Å². The van der Waals surface area contributed by atoms with Crippen LogP contribution in [-0.2, 0) is 9.59 Å². The number of rotatable bonds is 3. The molecular weight excluding hydrogens is 407 g/mol. The third-order valence-corrected chi connectivity index (χ3v) is 5.28. The molecule has 0 aliphatic carbocycles. The molecule has 0 saturated heterocycles. The number of pyridine rings is 2. The van der Waals surface area contributed by atoms with Gasteiger partial charge in [0, 0.05) is 34.9 Å². The molecule has 1 N–H and O–H groups in total. The predicted molar refractivity (Wildman–Crippen MR) is 113 cm³/mol. The maximum atomic E-state index is 13.4. The monoisotopic (exact) mass is 424 g/mol. The average molecular weight is 425 g/mol. The first kappa shape index (κ1) is 20.0. The number of aromatic nitrogens is 2. The van der Waals surface area contributed by atoms with Crippen LogP contribution < -0.4 is 10.2 Å². The Morgan fingerprint density at radius 3 is 2.80 bits per heavy atom. The van der Waals surface area contributed by atoms with E-state index in [2.05, 4.69) is 15.3 Å². The molecule has 8 heteroatoms. The number of carbonyl (C=O) groups excluding carboxylic acids is 2. The first-order valence-electron chi connectivity index (χ1n) is 9.33. The Labute approximate surface area is 177 Å². The Hall–Kier alpha value is -3.32. The van der Waals surface area contributed by atoms with E-state index >= 15 is 0 Å². The Morgan fingerprint density at radius 1 is 1.23 bits per heavy atom.